The Morgan fingerprint density at radius 2 is 2.05 bits per heavy atom. The van der Waals surface area contributed by atoms with Gasteiger partial charge in [-0.2, -0.15) is 0 Å². The number of benzene rings is 1. The van der Waals surface area contributed by atoms with E-state index in [1.54, 1.807) is 6.07 Å². The lowest BCUT2D eigenvalue weighted by molar-refractivity contribution is 0.0699. The molecule has 0 amide bonds. The van der Waals surface area contributed by atoms with Crippen LogP contribution >= 0.6 is 0 Å². The molecular weight excluding hydrogens is 252 g/mol. The topological polar surface area (TPSA) is 55.1 Å². The summed E-state index contributed by atoms with van der Waals surface area (Å²) in [6.45, 7) is 6.39. The van der Waals surface area contributed by atoms with Crippen LogP contribution in [0.5, 0.6) is 0 Å². The third kappa shape index (κ3) is 1.90. The van der Waals surface area contributed by atoms with Crippen molar-refractivity contribution < 1.29 is 9.90 Å². The predicted molar refractivity (Wildman–Crippen MR) is 78.3 cm³/mol. The summed E-state index contributed by atoms with van der Waals surface area (Å²) in [6.07, 6.45) is 3.56. The van der Waals surface area contributed by atoms with E-state index in [1.807, 2.05) is 12.1 Å². The fraction of sp³-hybridized carbons (Fsp3) is 0.500. The molecule has 0 saturated heterocycles. The van der Waals surface area contributed by atoms with Gasteiger partial charge in [0.2, 0.25) is 0 Å². The van der Waals surface area contributed by atoms with Crippen molar-refractivity contribution in [2.24, 2.45) is 0 Å². The van der Waals surface area contributed by atoms with Crippen molar-refractivity contribution in [2.45, 2.75) is 51.5 Å². The van der Waals surface area contributed by atoms with Crippen molar-refractivity contribution in [1.82, 2.24) is 9.55 Å². The zero-order chi connectivity index (χ0) is 14.5. The van der Waals surface area contributed by atoms with E-state index in [-0.39, 0.29) is 5.41 Å². The van der Waals surface area contributed by atoms with E-state index in [1.165, 1.54) is 6.42 Å². The van der Waals surface area contributed by atoms with E-state index in [4.69, 9.17) is 4.98 Å². The van der Waals surface area contributed by atoms with Crippen LogP contribution in [0, 0.1) is 0 Å². The Kier molecular flexibility index (Phi) is 2.85. The minimum atomic E-state index is -0.908. The number of carboxylic acids is 1. The first-order valence-corrected chi connectivity index (χ1v) is 7.14. The number of imidazole rings is 1. The van der Waals surface area contributed by atoms with Crippen LogP contribution < -0.4 is 0 Å². The molecule has 0 spiro atoms. The molecule has 1 saturated carbocycles. The first-order chi connectivity index (χ1) is 9.39. The maximum Gasteiger partial charge on any atom is 0.337 e. The van der Waals surface area contributed by atoms with Crippen LogP contribution in [0.4, 0.5) is 0 Å². The summed E-state index contributed by atoms with van der Waals surface area (Å²) < 4.78 is 2.27. The zero-order valence-corrected chi connectivity index (χ0v) is 12.2. The number of nitrogens with zero attached hydrogens (tertiary/aromatic N) is 2. The van der Waals surface area contributed by atoms with Crippen molar-refractivity contribution >= 4 is 17.0 Å². The molecule has 4 nitrogen and oxygen atoms in total. The maximum absolute atomic E-state index is 11.4. The Hall–Kier alpha value is -1.84. The Balaban J connectivity index is 2.32. The first-order valence-electron chi connectivity index (χ1n) is 7.14. The molecule has 1 aromatic carbocycles. The Labute approximate surface area is 118 Å². The number of rotatable bonds is 2. The lowest BCUT2D eigenvalue weighted by Gasteiger charge is -2.32. The van der Waals surface area contributed by atoms with Crippen molar-refractivity contribution in [3.8, 4) is 0 Å². The number of hydrogen-bond acceptors (Lipinski definition) is 2. The van der Waals surface area contributed by atoms with E-state index in [9.17, 15) is 9.90 Å². The molecule has 0 unspecified atom stereocenters. The maximum atomic E-state index is 11.4. The van der Waals surface area contributed by atoms with E-state index in [0.717, 1.165) is 24.2 Å². The molecular formula is C16H20N2O2. The molecule has 0 bridgehead atoms. The van der Waals surface area contributed by atoms with Crippen molar-refractivity contribution in [2.75, 3.05) is 0 Å². The van der Waals surface area contributed by atoms with Gasteiger partial charge in [-0.25, -0.2) is 9.78 Å². The second-order valence-corrected chi connectivity index (χ2v) is 6.62. The van der Waals surface area contributed by atoms with Gasteiger partial charge in [0, 0.05) is 11.5 Å². The summed E-state index contributed by atoms with van der Waals surface area (Å²) in [4.78, 5) is 16.1. The van der Waals surface area contributed by atoms with E-state index in [2.05, 4.69) is 25.3 Å². The predicted octanol–water partition coefficient (Wildman–Crippen LogP) is 3.76. The number of aromatic nitrogens is 2. The number of carboxylic acid groups (broad SMARTS) is 1. The first kappa shape index (κ1) is 13.2. The molecule has 106 valence electrons. The molecule has 2 aromatic rings. The van der Waals surface area contributed by atoms with Crippen LogP contribution in [-0.2, 0) is 5.41 Å². The van der Waals surface area contributed by atoms with E-state index in [0.29, 0.717) is 17.1 Å². The number of fused-ring (bicyclic) bond motifs is 1. The molecule has 20 heavy (non-hydrogen) atoms. The van der Waals surface area contributed by atoms with Crippen molar-refractivity contribution in [1.29, 1.82) is 0 Å². The van der Waals surface area contributed by atoms with Crippen LogP contribution in [0.2, 0.25) is 0 Å². The average molecular weight is 272 g/mol. The van der Waals surface area contributed by atoms with Crippen LogP contribution in [0.15, 0.2) is 18.2 Å². The quantitative estimate of drug-likeness (QED) is 0.905. The molecule has 1 aliphatic rings. The molecule has 1 fully saturated rings. The molecule has 3 rings (SSSR count). The van der Waals surface area contributed by atoms with Gasteiger partial charge in [0.25, 0.3) is 0 Å². The van der Waals surface area contributed by atoms with Crippen molar-refractivity contribution in [3.05, 3.63) is 29.6 Å². The Morgan fingerprint density at radius 3 is 2.55 bits per heavy atom. The smallest absolute Gasteiger partial charge is 0.337 e. The second-order valence-electron chi connectivity index (χ2n) is 6.62. The van der Waals surface area contributed by atoms with Gasteiger partial charge in [0.15, 0.2) is 0 Å². The van der Waals surface area contributed by atoms with Crippen molar-refractivity contribution in [3.63, 3.8) is 0 Å². The summed E-state index contributed by atoms with van der Waals surface area (Å²) in [5.41, 5.74) is 1.78. The number of carbonyl (C=O) groups is 1. The minimum Gasteiger partial charge on any atom is -0.478 e. The minimum absolute atomic E-state index is 0.0929. The molecule has 1 heterocycles. The second kappa shape index (κ2) is 4.33. The monoisotopic (exact) mass is 272 g/mol. The lowest BCUT2D eigenvalue weighted by atomic mass is 9.90. The number of para-hydroxylation sites is 1. The van der Waals surface area contributed by atoms with Crippen LogP contribution in [0.3, 0.4) is 0 Å². The molecule has 4 heteroatoms. The highest BCUT2D eigenvalue weighted by atomic mass is 16.4. The average Bonchev–Trinajstić information content (AvgIpc) is 2.66. The summed E-state index contributed by atoms with van der Waals surface area (Å²) in [7, 11) is 0. The Morgan fingerprint density at radius 1 is 1.35 bits per heavy atom. The molecule has 1 aliphatic carbocycles. The standard InChI is InChI=1S/C16H20N2O2/c1-16(2,3)15-17-13-11(14(19)20)8-5-9-12(13)18(15)10-6-4-7-10/h5,8-10H,4,6-7H2,1-3H3,(H,19,20). The van der Waals surface area contributed by atoms with Gasteiger partial charge in [0.1, 0.15) is 11.3 Å². The highest BCUT2D eigenvalue weighted by Crippen LogP contribution is 2.39. The van der Waals surface area contributed by atoms with Gasteiger partial charge < -0.3 is 9.67 Å². The van der Waals surface area contributed by atoms with Crippen LogP contribution in [0.1, 0.15) is 62.3 Å². The summed E-state index contributed by atoms with van der Waals surface area (Å²) in [5, 5.41) is 9.35. The zero-order valence-electron chi connectivity index (χ0n) is 12.2. The summed E-state index contributed by atoms with van der Waals surface area (Å²) in [6, 6.07) is 5.91. The fourth-order valence-corrected chi connectivity index (χ4v) is 2.83. The number of hydrogen-bond donors (Lipinski definition) is 1. The SMILES string of the molecule is CC(C)(C)c1nc2c(C(=O)O)cccc2n1C1CCC1. The molecule has 0 radical (unpaired) electrons. The highest BCUT2D eigenvalue weighted by Gasteiger charge is 2.30. The normalized spacial score (nSPS) is 16.4. The van der Waals surface area contributed by atoms with Gasteiger partial charge in [-0.3, -0.25) is 0 Å². The third-order valence-electron chi connectivity index (χ3n) is 4.06. The van der Waals surface area contributed by atoms with Gasteiger partial charge in [0.05, 0.1) is 11.1 Å². The molecule has 0 aliphatic heterocycles. The molecule has 1 N–H and O–H groups in total. The van der Waals surface area contributed by atoms with E-state index >= 15 is 0 Å². The van der Waals surface area contributed by atoms with Gasteiger partial charge in [-0.15, -0.1) is 0 Å². The van der Waals surface area contributed by atoms with Crippen LogP contribution in [0.25, 0.3) is 11.0 Å². The summed E-state index contributed by atoms with van der Waals surface area (Å²) >= 11 is 0. The highest BCUT2D eigenvalue weighted by molar-refractivity contribution is 6.01. The van der Waals surface area contributed by atoms with Gasteiger partial charge >= 0.3 is 5.97 Å². The fourth-order valence-electron chi connectivity index (χ4n) is 2.83. The largest absolute Gasteiger partial charge is 0.478 e. The van der Waals surface area contributed by atoms with E-state index < -0.39 is 5.97 Å². The molecule has 1 aromatic heterocycles. The lowest BCUT2D eigenvalue weighted by Crippen LogP contribution is -2.25. The molecule has 0 atom stereocenters. The van der Waals surface area contributed by atoms with Crippen LogP contribution in [-0.4, -0.2) is 20.6 Å². The van der Waals surface area contributed by atoms with Gasteiger partial charge in [-0.05, 0) is 31.4 Å². The third-order valence-corrected chi connectivity index (χ3v) is 4.06. The summed E-state index contributed by atoms with van der Waals surface area (Å²) in [5.74, 6) is 0.0835. The Bertz CT molecular complexity index is 676. The number of aromatic carboxylic acids is 1. The van der Waals surface area contributed by atoms with Gasteiger partial charge in [-0.1, -0.05) is 26.8 Å².